The van der Waals surface area contributed by atoms with Crippen LogP contribution in [-0.4, -0.2) is 28.9 Å². The molecule has 0 bridgehead atoms. The standard InChI is InChI=1S/C17H22N2O/c1-11-6-8-19(9-7-11)17(20)16-13(3)14-10-12(2)4-5-15(14)18-16/h4-5,10-11,18H,6-9H2,1-3H3. The van der Waals surface area contributed by atoms with E-state index >= 15 is 0 Å². The van der Waals surface area contributed by atoms with Crippen LogP contribution in [0.25, 0.3) is 10.9 Å². The first-order valence-corrected chi connectivity index (χ1v) is 7.44. The second-order valence-corrected chi connectivity index (χ2v) is 6.15. The summed E-state index contributed by atoms with van der Waals surface area (Å²) in [4.78, 5) is 18.0. The average molecular weight is 270 g/mol. The van der Waals surface area contributed by atoms with Gasteiger partial charge in [0, 0.05) is 24.0 Å². The van der Waals surface area contributed by atoms with Crippen LogP contribution in [0.4, 0.5) is 0 Å². The summed E-state index contributed by atoms with van der Waals surface area (Å²) in [6.07, 6.45) is 2.23. The van der Waals surface area contributed by atoms with E-state index in [1.807, 2.05) is 11.8 Å². The number of aromatic nitrogens is 1. The molecule has 2 aromatic rings. The van der Waals surface area contributed by atoms with Crippen LogP contribution in [0.15, 0.2) is 18.2 Å². The van der Waals surface area contributed by atoms with Crippen LogP contribution in [0, 0.1) is 19.8 Å². The zero-order valence-corrected chi connectivity index (χ0v) is 12.5. The van der Waals surface area contributed by atoms with Crippen LogP contribution in [-0.2, 0) is 0 Å². The van der Waals surface area contributed by atoms with Gasteiger partial charge in [-0.05, 0) is 50.3 Å². The first-order chi connectivity index (χ1) is 9.56. The smallest absolute Gasteiger partial charge is 0.270 e. The topological polar surface area (TPSA) is 36.1 Å². The molecule has 20 heavy (non-hydrogen) atoms. The lowest BCUT2D eigenvalue weighted by Crippen LogP contribution is -2.38. The van der Waals surface area contributed by atoms with E-state index in [-0.39, 0.29) is 5.91 Å². The molecule has 3 nitrogen and oxygen atoms in total. The fraction of sp³-hybridized carbons (Fsp3) is 0.471. The number of hydrogen-bond donors (Lipinski definition) is 1. The van der Waals surface area contributed by atoms with Gasteiger partial charge in [-0.2, -0.15) is 0 Å². The highest BCUT2D eigenvalue weighted by Crippen LogP contribution is 2.25. The number of H-pyrrole nitrogens is 1. The van der Waals surface area contributed by atoms with Gasteiger partial charge >= 0.3 is 0 Å². The third-order valence-corrected chi connectivity index (χ3v) is 4.50. The molecule has 0 unspecified atom stereocenters. The van der Waals surface area contributed by atoms with Gasteiger partial charge in [0.15, 0.2) is 0 Å². The van der Waals surface area contributed by atoms with E-state index in [0.29, 0.717) is 0 Å². The van der Waals surface area contributed by atoms with Crippen molar-refractivity contribution in [2.24, 2.45) is 5.92 Å². The number of carbonyl (C=O) groups is 1. The van der Waals surface area contributed by atoms with Crippen molar-refractivity contribution in [2.45, 2.75) is 33.6 Å². The predicted octanol–water partition coefficient (Wildman–Crippen LogP) is 3.66. The Bertz CT molecular complexity index is 648. The van der Waals surface area contributed by atoms with Gasteiger partial charge in [-0.15, -0.1) is 0 Å². The van der Waals surface area contributed by atoms with Crippen molar-refractivity contribution in [1.82, 2.24) is 9.88 Å². The molecule has 1 N–H and O–H groups in total. The van der Waals surface area contributed by atoms with E-state index in [4.69, 9.17) is 0 Å². The number of carbonyl (C=O) groups excluding carboxylic acids is 1. The Hall–Kier alpha value is -1.77. The maximum Gasteiger partial charge on any atom is 0.270 e. The third-order valence-electron chi connectivity index (χ3n) is 4.50. The molecule has 1 aromatic heterocycles. The van der Waals surface area contributed by atoms with Crippen LogP contribution < -0.4 is 0 Å². The van der Waals surface area contributed by atoms with Gasteiger partial charge in [-0.3, -0.25) is 4.79 Å². The average Bonchev–Trinajstić information content (AvgIpc) is 2.76. The molecule has 0 radical (unpaired) electrons. The second kappa shape index (κ2) is 4.97. The van der Waals surface area contributed by atoms with Crippen molar-refractivity contribution in [2.75, 3.05) is 13.1 Å². The van der Waals surface area contributed by atoms with Gasteiger partial charge in [0.25, 0.3) is 5.91 Å². The van der Waals surface area contributed by atoms with E-state index in [1.165, 1.54) is 10.9 Å². The number of piperidine rings is 1. The molecule has 3 heteroatoms. The molecule has 0 aliphatic carbocycles. The van der Waals surface area contributed by atoms with Crippen LogP contribution in [0.5, 0.6) is 0 Å². The van der Waals surface area contributed by atoms with Crippen molar-refractivity contribution in [3.63, 3.8) is 0 Å². The van der Waals surface area contributed by atoms with Gasteiger partial charge in [0.05, 0.1) is 0 Å². The van der Waals surface area contributed by atoms with Crippen molar-refractivity contribution in [3.8, 4) is 0 Å². The fourth-order valence-electron chi connectivity index (χ4n) is 3.02. The largest absolute Gasteiger partial charge is 0.350 e. The molecule has 1 fully saturated rings. The first kappa shape index (κ1) is 13.2. The summed E-state index contributed by atoms with van der Waals surface area (Å²) in [6.45, 7) is 8.15. The number of benzene rings is 1. The second-order valence-electron chi connectivity index (χ2n) is 6.15. The molecule has 0 atom stereocenters. The molecule has 2 heterocycles. The van der Waals surface area contributed by atoms with Gasteiger partial charge in [-0.25, -0.2) is 0 Å². The van der Waals surface area contributed by atoms with Crippen molar-refractivity contribution in [3.05, 3.63) is 35.0 Å². The molecular weight excluding hydrogens is 248 g/mol. The molecule has 106 valence electrons. The number of nitrogens with one attached hydrogen (secondary N) is 1. The lowest BCUT2D eigenvalue weighted by Gasteiger charge is -2.30. The predicted molar refractivity (Wildman–Crippen MR) is 82.1 cm³/mol. The Morgan fingerprint density at radius 1 is 1.25 bits per heavy atom. The highest BCUT2D eigenvalue weighted by molar-refractivity contribution is 6.01. The summed E-state index contributed by atoms with van der Waals surface area (Å²) in [7, 11) is 0. The van der Waals surface area contributed by atoms with Crippen molar-refractivity contribution in [1.29, 1.82) is 0 Å². The number of aryl methyl sites for hydroxylation is 2. The normalized spacial score (nSPS) is 16.9. The SMILES string of the molecule is Cc1ccc2[nH]c(C(=O)N3CCC(C)CC3)c(C)c2c1. The number of hydrogen-bond acceptors (Lipinski definition) is 1. The first-order valence-electron chi connectivity index (χ1n) is 7.44. The summed E-state index contributed by atoms with van der Waals surface area (Å²) < 4.78 is 0. The minimum atomic E-state index is 0.156. The number of fused-ring (bicyclic) bond motifs is 1. The van der Waals surface area contributed by atoms with Gasteiger partial charge in [-0.1, -0.05) is 18.6 Å². The maximum atomic E-state index is 12.7. The van der Waals surface area contributed by atoms with Crippen molar-refractivity contribution >= 4 is 16.8 Å². The number of nitrogens with zero attached hydrogens (tertiary/aromatic N) is 1. The Morgan fingerprint density at radius 3 is 2.65 bits per heavy atom. The lowest BCUT2D eigenvalue weighted by atomic mass is 9.99. The highest BCUT2D eigenvalue weighted by atomic mass is 16.2. The molecular formula is C17H22N2O. The molecule has 1 amide bonds. The van der Waals surface area contributed by atoms with E-state index in [2.05, 4.69) is 37.0 Å². The lowest BCUT2D eigenvalue weighted by molar-refractivity contribution is 0.0691. The summed E-state index contributed by atoms with van der Waals surface area (Å²) in [5.74, 6) is 0.897. The summed E-state index contributed by atoms with van der Waals surface area (Å²) in [5, 5.41) is 1.17. The minimum Gasteiger partial charge on any atom is -0.350 e. The number of likely N-dealkylation sites (tertiary alicyclic amines) is 1. The van der Waals surface area contributed by atoms with Crippen LogP contribution >= 0.6 is 0 Å². The van der Waals surface area contributed by atoms with Gasteiger partial charge < -0.3 is 9.88 Å². The summed E-state index contributed by atoms with van der Waals surface area (Å²) in [5.41, 5.74) is 4.12. The molecule has 0 saturated carbocycles. The summed E-state index contributed by atoms with van der Waals surface area (Å²) in [6, 6.07) is 6.29. The molecule has 1 saturated heterocycles. The highest BCUT2D eigenvalue weighted by Gasteiger charge is 2.24. The Kier molecular flexibility index (Phi) is 3.28. The van der Waals surface area contributed by atoms with E-state index < -0.39 is 0 Å². The fourth-order valence-corrected chi connectivity index (χ4v) is 3.02. The molecule has 0 spiro atoms. The maximum absolute atomic E-state index is 12.7. The monoisotopic (exact) mass is 270 g/mol. The number of aromatic amines is 1. The molecule has 1 aliphatic heterocycles. The van der Waals surface area contributed by atoms with Crippen LogP contribution in [0.3, 0.4) is 0 Å². The Morgan fingerprint density at radius 2 is 1.95 bits per heavy atom. The number of rotatable bonds is 1. The zero-order chi connectivity index (χ0) is 14.3. The summed E-state index contributed by atoms with van der Waals surface area (Å²) >= 11 is 0. The van der Waals surface area contributed by atoms with Crippen LogP contribution in [0.1, 0.15) is 41.4 Å². The van der Waals surface area contributed by atoms with Crippen LogP contribution in [0.2, 0.25) is 0 Å². The minimum absolute atomic E-state index is 0.156. The molecule has 3 rings (SSSR count). The zero-order valence-electron chi connectivity index (χ0n) is 12.5. The van der Waals surface area contributed by atoms with E-state index in [0.717, 1.165) is 48.6 Å². The Labute approximate surface area is 120 Å². The number of amides is 1. The van der Waals surface area contributed by atoms with E-state index in [1.54, 1.807) is 0 Å². The van der Waals surface area contributed by atoms with E-state index in [9.17, 15) is 4.79 Å². The molecule has 1 aliphatic rings. The van der Waals surface area contributed by atoms with Crippen molar-refractivity contribution < 1.29 is 4.79 Å². The molecule has 1 aromatic carbocycles. The third kappa shape index (κ3) is 2.21. The van der Waals surface area contributed by atoms with Gasteiger partial charge in [0.1, 0.15) is 5.69 Å². The Balaban J connectivity index is 1.93. The quantitative estimate of drug-likeness (QED) is 0.843. The van der Waals surface area contributed by atoms with Gasteiger partial charge in [0.2, 0.25) is 0 Å².